The summed E-state index contributed by atoms with van der Waals surface area (Å²) in [7, 11) is -3.93. The molecule has 1 fully saturated rings. The van der Waals surface area contributed by atoms with Crippen LogP contribution in [0.3, 0.4) is 0 Å². The highest BCUT2D eigenvalue weighted by Crippen LogP contribution is 2.30. The Hall–Kier alpha value is -1.54. The molecule has 1 aliphatic rings. The molecule has 0 unspecified atom stereocenters. The van der Waals surface area contributed by atoms with Gasteiger partial charge in [0.15, 0.2) is 0 Å². The first-order chi connectivity index (χ1) is 11.4. The molecule has 2 heterocycles. The minimum absolute atomic E-state index is 0.0241. The lowest BCUT2D eigenvalue weighted by Gasteiger charge is -2.31. The van der Waals surface area contributed by atoms with Gasteiger partial charge in [-0.3, -0.25) is 4.79 Å². The summed E-state index contributed by atoms with van der Waals surface area (Å²) >= 11 is 12.1. The molecule has 24 heavy (non-hydrogen) atoms. The number of amides is 1. The van der Waals surface area contributed by atoms with Crippen LogP contribution >= 0.6 is 23.2 Å². The molecule has 0 atom stereocenters. The van der Waals surface area contributed by atoms with Crippen LogP contribution in [0.5, 0.6) is 0 Å². The van der Waals surface area contributed by atoms with Gasteiger partial charge < -0.3 is 9.32 Å². The van der Waals surface area contributed by atoms with Crippen molar-refractivity contribution in [2.45, 2.75) is 17.9 Å². The number of nitrogens with one attached hydrogen (secondary N) is 1. The Bertz CT molecular complexity index is 862. The molecular formula is C15H14Cl2N2O4S. The van der Waals surface area contributed by atoms with Gasteiger partial charge in [0.05, 0.1) is 28.4 Å². The minimum Gasteiger partial charge on any atom is -0.468 e. The molecule has 3 rings (SSSR count). The van der Waals surface area contributed by atoms with Gasteiger partial charge in [-0.25, -0.2) is 13.1 Å². The van der Waals surface area contributed by atoms with Gasteiger partial charge in [0.2, 0.25) is 10.0 Å². The van der Waals surface area contributed by atoms with Crippen molar-refractivity contribution in [1.29, 1.82) is 0 Å². The number of nitrogens with zero attached hydrogens (tertiary/aromatic N) is 1. The minimum atomic E-state index is -3.93. The predicted molar refractivity (Wildman–Crippen MR) is 89.7 cm³/mol. The Labute approximate surface area is 149 Å². The second kappa shape index (κ2) is 6.76. The summed E-state index contributed by atoms with van der Waals surface area (Å²) in [5, 5.41) is 0.0778. The fraction of sp³-hybridized carbons (Fsp3) is 0.267. The van der Waals surface area contributed by atoms with E-state index < -0.39 is 10.0 Å². The Balaban J connectivity index is 1.89. The monoisotopic (exact) mass is 388 g/mol. The van der Waals surface area contributed by atoms with Gasteiger partial charge in [-0.2, -0.15) is 0 Å². The van der Waals surface area contributed by atoms with Crippen molar-refractivity contribution in [2.75, 3.05) is 13.1 Å². The van der Waals surface area contributed by atoms with E-state index in [2.05, 4.69) is 4.72 Å². The van der Waals surface area contributed by atoms with Crippen LogP contribution in [0.15, 0.2) is 39.8 Å². The lowest BCUT2D eigenvalue weighted by Crippen LogP contribution is -2.42. The fourth-order valence-corrected chi connectivity index (χ4v) is 4.09. The number of hydrogen-bond acceptors (Lipinski definition) is 4. The molecule has 1 amide bonds. The van der Waals surface area contributed by atoms with Crippen molar-refractivity contribution in [3.63, 3.8) is 0 Å². The van der Waals surface area contributed by atoms with E-state index in [0.29, 0.717) is 18.8 Å². The highest BCUT2D eigenvalue weighted by atomic mass is 35.5. The quantitative estimate of drug-likeness (QED) is 0.853. The van der Waals surface area contributed by atoms with Crippen molar-refractivity contribution in [1.82, 2.24) is 9.62 Å². The van der Waals surface area contributed by atoms with Crippen LogP contribution in [0.2, 0.25) is 10.0 Å². The summed E-state index contributed by atoms with van der Waals surface area (Å²) in [5.41, 5.74) is 0.124. The molecule has 0 saturated carbocycles. The third-order valence-electron chi connectivity index (χ3n) is 3.70. The highest BCUT2D eigenvalue weighted by molar-refractivity contribution is 7.89. The Morgan fingerprint density at radius 3 is 2.58 bits per heavy atom. The van der Waals surface area contributed by atoms with Crippen LogP contribution in [0.25, 0.3) is 0 Å². The average Bonchev–Trinajstić information content (AvgIpc) is 2.96. The lowest BCUT2D eigenvalue weighted by molar-refractivity contribution is 0.0652. The third kappa shape index (κ3) is 3.44. The van der Waals surface area contributed by atoms with E-state index in [1.54, 1.807) is 17.0 Å². The summed E-state index contributed by atoms with van der Waals surface area (Å²) in [5.74, 6) is 0.158. The zero-order valence-corrected chi connectivity index (χ0v) is 14.8. The van der Waals surface area contributed by atoms with Crippen molar-refractivity contribution in [3.8, 4) is 0 Å². The second-order valence-electron chi connectivity index (χ2n) is 5.31. The first-order valence-electron chi connectivity index (χ1n) is 7.19. The molecule has 1 saturated heterocycles. The van der Waals surface area contributed by atoms with Gasteiger partial charge >= 0.3 is 0 Å². The molecule has 1 aromatic heterocycles. The van der Waals surface area contributed by atoms with Crippen molar-refractivity contribution in [2.24, 2.45) is 0 Å². The summed E-state index contributed by atoms with van der Waals surface area (Å²) in [6.45, 7) is 1.25. The molecule has 2 aromatic rings. The summed E-state index contributed by atoms with van der Waals surface area (Å²) in [6.07, 6.45) is 2.37. The van der Waals surface area contributed by atoms with Gasteiger partial charge in [-0.15, -0.1) is 0 Å². The molecule has 0 bridgehead atoms. The fourth-order valence-electron chi connectivity index (χ4n) is 2.25. The van der Waals surface area contributed by atoms with Gasteiger partial charge in [0.25, 0.3) is 5.91 Å². The van der Waals surface area contributed by atoms with Crippen LogP contribution in [-0.4, -0.2) is 32.3 Å². The van der Waals surface area contributed by atoms with E-state index in [4.69, 9.17) is 27.6 Å². The molecule has 6 nitrogen and oxygen atoms in total. The number of rotatable bonds is 5. The van der Waals surface area contributed by atoms with Crippen molar-refractivity contribution in [3.05, 3.63) is 51.9 Å². The number of carbonyl (C=O) groups excluding carboxylic acids is 1. The first-order valence-corrected chi connectivity index (χ1v) is 9.43. The maximum absolute atomic E-state index is 12.5. The molecule has 1 aliphatic heterocycles. The van der Waals surface area contributed by atoms with Gasteiger partial charge in [0.1, 0.15) is 10.7 Å². The number of carbonyl (C=O) groups is 1. The average molecular weight is 389 g/mol. The molecule has 128 valence electrons. The molecule has 1 aromatic carbocycles. The second-order valence-corrected chi connectivity index (χ2v) is 7.86. The zero-order chi connectivity index (χ0) is 17.3. The Kier molecular flexibility index (Phi) is 4.87. The molecule has 0 aliphatic carbocycles. The van der Waals surface area contributed by atoms with Crippen LogP contribution in [0.1, 0.15) is 22.5 Å². The third-order valence-corrected chi connectivity index (χ3v) is 5.88. The van der Waals surface area contributed by atoms with Crippen LogP contribution < -0.4 is 4.72 Å². The number of benzene rings is 1. The van der Waals surface area contributed by atoms with E-state index in [1.807, 2.05) is 0 Å². The van der Waals surface area contributed by atoms with Gasteiger partial charge in [0, 0.05) is 13.1 Å². The lowest BCUT2D eigenvalue weighted by atomic mass is 10.1. The van der Waals surface area contributed by atoms with Crippen LogP contribution in [-0.2, 0) is 16.6 Å². The number of hydrogen-bond donors (Lipinski definition) is 1. The smallest absolute Gasteiger partial charge is 0.255 e. The molecule has 9 heteroatoms. The van der Waals surface area contributed by atoms with Crippen molar-refractivity contribution >= 4 is 39.1 Å². The molecule has 0 spiro atoms. The van der Waals surface area contributed by atoms with Gasteiger partial charge in [-0.05, 0) is 30.7 Å². The number of sulfonamides is 1. The predicted octanol–water partition coefficient (Wildman–Crippen LogP) is 2.91. The Morgan fingerprint density at radius 1 is 1.25 bits per heavy atom. The van der Waals surface area contributed by atoms with E-state index in [9.17, 15) is 13.2 Å². The van der Waals surface area contributed by atoms with E-state index >= 15 is 0 Å². The maximum atomic E-state index is 12.5. The maximum Gasteiger partial charge on any atom is 0.255 e. The molecular weight excluding hydrogens is 375 g/mol. The normalized spacial score (nSPS) is 14.5. The van der Waals surface area contributed by atoms with E-state index in [0.717, 1.165) is 6.42 Å². The number of likely N-dealkylation sites (tertiary alicyclic amines) is 1. The van der Waals surface area contributed by atoms with Crippen molar-refractivity contribution < 1.29 is 17.6 Å². The van der Waals surface area contributed by atoms with Crippen LogP contribution in [0, 0.1) is 0 Å². The van der Waals surface area contributed by atoms with Crippen LogP contribution in [0.4, 0.5) is 0 Å². The molecule has 0 radical (unpaired) electrons. The standard InChI is InChI=1S/C15H14Cl2N2O4S/c16-12-8-13(17)14(7-11(12)15(20)19-4-2-5-19)24(21,22)18-9-10-3-1-6-23-10/h1,3,6-8,18H,2,4-5,9H2. The number of halogens is 2. The van der Waals surface area contributed by atoms with E-state index in [1.165, 1.54) is 18.4 Å². The Morgan fingerprint density at radius 2 is 2.00 bits per heavy atom. The zero-order valence-electron chi connectivity index (χ0n) is 12.5. The summed E-state index contributed by atoms with van der Waals surface area (Å²) in [4.78, 5) is 13.8. The largest absolute Gasteiger partial charge is 0.468 e. The first kappa shape index (κ1) is 17.3. The summed E-state index contributed by atoms with van der Waals surface area (Å²) in [6, 6.07) is 5.79. The molecule has 1 N–H and O–H groups in total. The summed E-state index contributed by atoms with van der Waals surface area (Å²) < 4.78 is 32.4. The van der Waals surface area contributed by atoms with E-state index in [-0.39, 0.29) is 33.0 Å². The van der Waals surface area contributed by atoms with Gasteiger partial charge in [-0.1, -0.05) is 23.2 Å². The highest BCUT2D eigenvalue weighted by Gasteiger charge is 2.27. The number of furan rings is 1. The topological polar surface area (TPSA) is 79.6 Å². The SMILES string of the molecule is O=C(c1cc(S(=O)(=O)NCc2ccco2)c(Cl)cc1Cl)N1CCC1.